The van der Waals surface area contributed by atoms with Crippen molar-refractivity contribution in [1.29, 1.82) is 0 Å². The van der Waals surface area contributed by atoms with Crippen LogP contribution in [-0.2, 0) is 14.3 Å². The summed E-state index contributed by atoms with van der Waals surface area (Å²) < 4.78 is 5.65. The van der Waals surface area contributed by atoms with Crippen LogP contribution in [0.4, 0.5) is 0 Å². The highest BCUT2D eigenvalue weighted by atomic mass is 16.5. The molecule has 1 saturated heterocycles. The molecule has 2 aliphatic rings. The lowest BCUT2D eigenvalue weighted by atomic mass is 10.1. The first-order valence-corrected chi connectivity index (χ1v) is 15.9. The minimum absolute atomic E-state index is 0.0134. The summed E-state index contributed by atoms with van der Waals surface area (Å²) in [5.41, 5.74) is 10.8. The van der Waals surface area contributed by atoms with E-state index in [-0.39, 0.29) is 36.1 Å². The van der Waals surface area contributed by atoms with E-state index in [1.54, 1.807) is 4.90 Å². The zero-order valence-corrected chi connectivity index (χ0v) is 28.0. The second-order valence-electron chi connectivity index (χ2n) is 11.8. The van der Waals surface area contributed by atoms with Crippen LogP contribution in [0.2, 0.25) is 0 Å². The number of nitrogens with two attached hydrogens (primary N) is 1. The van der Waals surface area contributed by atoms with E-state index in [2.05, 4.69) is 77.7 Å². The fraction of sp³-hybridized carbons (Fsp3) is 0.686. The number of Topliss-reactive ketones (excluding diaryl/α,β-unsaturated/α-hetero) is 1. The lowest BCUT2D eigenvalue weighted by Gasteiger charge is -2.35. The minimum atomic E-state index is -0.144. The molecule has 1 saturated carbocycles. The van der Waals surface area contributed by atoms with Crippen LogP contribution < -0.4 is 5.73 Å². The average Bonchev–Trinajstić information content (AvgIpc) is 3.40. The second kappa shape index (κ2) is 22.2. The van der Waals surface area contributed by atoms with E-state index >= 15 is 0 Å². The summed E-state index contributed by atoms with van der Waals surface area (Å²) in [4.78, 5) is 29.8. The Labute approximate surface area is 252 Å². The Morgan fingerprint density at radius 3 is 1.90 bits per heavy atom. The molecule has 41 heavy (non-hydrogen) atoms. The van der Waals surface area contributed by atoms with E-state index in [0.29, 0.717) is 13.1 Å². The molecular weight excluding hydrogens is 510 g/mol. The molecule has 1 aliphatic heterocycles. The molecular formula is C35H61N3O3. The number of amides is 1. The van der Waals surface area contributed by atoms with Crippen molar-refractivity contribution in [2.75, 3.05) is 19.6 Å². The van der Waals surface area contributed by atoms with Crippen LogP contribution in [0, 0.1) is 19.8 Å². The Kier molecular flexibility index (Phi) is 20.8. The van der Waals surface area contributed by atoms with E-state index in [1.807, 2.05) is 13.8 Å². The topological polar surface area (TPSA) is 85.0 Å². The van der Waals surface area contributed by atoms with Gasteiger partial charge in [-0.1, -0.05) is 91.0 Å². The normalized spacial score (nSPS) is 20.3. The van der Waals surface area contributed by atoms with Gasteiger partial charge in [-0.25, -0.2) is 0 Å². The molecule has 6 heteroatoms. The molecule has 0 radical (unpaired) electrons. The van der Waals surface area contributed by atoms with Crippen LogP contribution in [-0.4, -0.2) is 54.1 Å². The van der Waals surface area contributed by atoms with Gasteiger partial charge in [0.15, 0.2) is 5.78 Å². The minimum Gasteiger partial charge on any atom is -0.394 e. The predicted molar refractivity (Wildman–Crippen MR) is 175 cm³/mol. The standard InChI is InChI=1S/C16H25N3O3.C8H10.C7H16.C4H10/c1-10(20)7-18-14-6-4-5-13(14)15(17)16(21)19-8-11(2)22-12(3)9-19;1-7-5-3-4-6-8(7)2;1-4-5-6-7(2)3;1-3-4-2/h11-12H,4-9,17H2,1-3H3;3-6H,1-2H3;7H,4-6H2,1-3H3;3-4H2,1-2H3/b15-13-,18-14?;;;. The van der Waals surface area contributed by atoms with E-state index < -0.39 is 0 Å². The molecule has 3 rings (SSSR count). The van der Waals surface area contributed by atoms with Crippen LogP contribution in [0.5, 0.6) is 0 Å². The number of morpholine rings is 1. The second-order valence-corrected chi connectivity index (χ2v) is 11.8. The molecule has 1 amide bonds. The van der Waals surface area contributed by atoms with Gasteiger partial charge in [0.25, 0.3) is 5.91 Å². The summed E-state index contributed by atoms with van der Waals surface area (Å²) in [7, 11) is 0. The lowest BCUT2D eigenvalue weighted by molar-refractivity contribution is -0.139. The number of ether oxygens (including phenoxy) is 1. The molecule has 1 aromatic carbocycles. The quantitative estimate of drug-likeness (QED) is 0.336. The van der Waals surface area contributed by atoms with Crippen molar-refractivity contribution in [3.05, 3.63) is 46.7 Å². The van der Waals surface area contributed by atoms with Crippen molar-refractivity contribution in [3.8, 4) is 0 Å². The maximum atomic E-state index is 12.6. The van der Waals surface area contributed by atoms with Crippen molar-refractivity contribution in [3.63, 3.8) is 0 Å². The maximum Gasteiger partial charge on any atom is 0.270 e. The number of hydrogen-bond acceptors (Lipinski definition) is 5. The van der Waals surface area contributed by atoms with Crippen LogP contribution in [0.15, 0.2) is 40.5 Å². The fourth-order valence-electron chi connectivity index (χ4n) is 4.32. The number of carbonyl (C=O) groups is 2. The van der Waals surface area contributed by atoms with Gasteiger partial charge in [0, 0.05) is 24.4 Å². The number of aryl methyl sites for hydroxylation is 2. The third kappa shape index (κ3) is 17.2. The number of allylic oxidation sites excluding steroid dienone is 1. The van der Waals surface area contributed by atoms with Crippen molar-refractivity contribution in [1.82, 2.24) is 4.90 Å². The van der Waals surface area contributed by atoms with Crippen molar-refractivity contribution >= 4 is 17.4 Å². The van der Waals surface area contributed by atoms with E-state index in [9.17, 15) is 9.59 Å². The maximum absolute atomic E-state index is 12.6. The largest absolute Gasteiger partial charge is 0.394 e. The van der Waals surface area contributed by atoms with E-state index in [4.69, 9.17) is 10.5 Å². The van der Waals surface area contributed by atoms with Crippen LogP contribution in [0.3, 0.4) is 0 Å². The molecule has 0 bridgehead atoms. The van der Waals surface area contributed by atoms with Gasteiger partial charge in [0.1, 0.15) is 5.70 Å². The molecule has 2 unspecified atom stereocenters. The highest BCUT2D eigenvalue weighted by Crippen LogP contribution is 2.25. The number of rotatable bonds is 7. The Morgan fingerprint density at radius 1 is 0.976 bits per heavy atom. The lowest BCUT2D eigenvalue weighted by Crippen LogP contribution is -2.49. The number of hydrogen-bond donors (Lipinski definition) is 1. The molecule has 6 nitrogen and oxygen atoms in total. The molecule has 1 aliphatic carbocycles. The molecule has 2 fully saturated rings. The number of benzene rings is 1. The zero-order valence-electron chi connectivity index (χ0n) is 28.0. The first-order valence-electron chi connectivity index (χ1n) is 15.9. The first-order chi connectivity index (χ1) is 19.4. The van der Waals surface area contributed by atoms with Gasteiger partial charge < -0.3 is 15.4 Å². The average molecular weight is 572 g/mol. The van der Waals surface area contributed by atoms with Gasteiger partial charge in [0.05, 0.1) is 18.8 Å². The summed E-state index contributed by atoms with van der Waals surface area (Å²) >= 11 is 0. The zero-order chi connectivity index (χ0) is 31.4. The Bertz CT molecular complexity index is 919. The Balaban J connectivity index is 0.000000684. The highest BCUT2D eigenvalue weighted by Gasteiger charge is 2.30. The number of carbonyl (C=O) groups excluding carboxylic acids is 2. The van der Waals surface area contributed by atoms with Gasteiger partial charge >= 0.3 is 0 Å². The Morgan fingerprint density at radius 2 is 1.51 bits per heavy atom. The molecule has 2 atom stereocenters. The summed E-state index contributed by atoms with van der Waals surface area (Å²) in [5.74, 6) is 0.772. The summed E-state index contributed by atoms with van der Waals surface area (Å²) in [6, 6.07) is 8.36. The van der Waals surface area contributed by atoms with Crippen molar-refractivity contribution in [2.24, 2.45) is 16.6 Å². The number of ketones is 1. The van der Waals surface area contributed by atoms with Crippen LogP contribution in [0.25, 0.3) is 0 Å². The Hall–Kier alpha value is -2.47. The van der Waals surface area contributed by atoms with Gasteiger partial charge in [-0.05, 0) is 70.9 Å². The molecule has 1 heterocycles. The van der Waals surface area contributed by atoms with E-state index in [0.717, 1.165) is 36.5 Å². The molecule has 0 spiro atoms. The number of aliphatic imine (C=N–C) groups is 1. The third-order valence-corrected chi connectivity index (χ3v) is 7.00. The molecule has 1 aromatic rings. The molecule has 2 N–H and O–H groups in total. The smallest absolute Gasteiger partial charge is 0.270 e. The SMILES string of the molecule is CC(=O)CN=C1CCC/C1=C(/N)C(=O)N1CC(C)OC(C)C1.CCCC.CCCCC(C)C.Cc1ccccc1C. The van der Waals surface area contributed by atoms with Crippen LogP contribution >= 0.6 is 0 Å². The van der Waals surface area contributed by atoms with Gasteiger partial charge in [-0.3, -0.25) is 14.6 Å². The fourth-order valence-corrected chi connectivity index (χ4v) is 4.32. The predicted octanol–water partition coefficient (Wildman–Crippen LogP) is 7.99. The van der Waals surface area contributed by atoms with Crippen molar-refractivity contribution < 1.29 is 14.3 Å². The van der Waals surface area contributed by atoms with Crippen LogP contribution in [0.1, 0.15) is 118 Å². The van der Waals surface area contributed by atoms with Gasteiger partial charge in [0.2, 0.25) is 0 Å². The third-order valence-electron chi connectivity index (χ3n) is 7.00. The first kappa shape index (κ1) is 38.5. The summed E-state index contributed by atoms with van der Waals surface area (Å²) in [5, 5.41) is 0. The highest BCUT2D eigenvalue weighted by molar-refractivity contribution is 6.09. The summed E-state index contributed by atoms with van der Waals surface area (Å²) in [6.07, 6.45) is 9.28. The van der Waals surface area contributed by atoms with Crippen molar-refractivity contribution in [2.45, 2.75) is 133 Å². The summed E-state index contributed by atoms with van der Waals surface area (Å²) in [6.45, 7) is 22.1. The van der Waals surface area contributed by atoms with Gasteiger partial charge in [-0.15, -0.1) is 0 Å². The number of unbranched alkanes of at least 4 members (excludes halogenated alkanes) is 2. The van der Waals surface area contributed by atoms with E-state index in [1.165, 1.54) is 50.2 Å². The molecule has 0 aromatic heterocycles. The molecule has 234 valence electrons. The number of nitrogens with zero attached hydrogens (tertiary/aromatic N) is 2. The van der Waals surface area contributed by atoms with Gasteiger partial charge in [-0.2, -0.15) is 0 Å². The monoisotopic (exact) mass is 571 g/mol.